The molecular weight excluding hydrogens is 386 g/mol. The fraction of sp³-hybridized carbons (Fsp3) is 0.400. The van der Waals surface area contributed by atoms with E-state index in [2.05, 4.69) is 10.3 Å². The molecule has 1 fully saturated rings. The van der Waals surface area contributed by atoms with Crippen LogP contribution in [0, 0.1) is 0 Å². The summed E-state index contributed by atoms with van der Waals surface area (Å²) in [5.74, 6) is 0.566. The van der Waals surface area contributed by atoms with Crippen LogP contribution in [0.25, 0.3) is 0 Å². The molecule has 0 atom stereocenters. The van der Waals surface area contributed by atoms with Crippen LogP contribution >= 0.6 is 22.9 Å². The van der Waals surface area contributed by atoms with Crippen LogP contribution in [0.5, 0.6) is 5.75 Å². The Labute approximate surface area is 155 Å². The highest BCUT2D eigenvalue weighted by atomic mass is 35.5. The monoisotopic (exact) mass is 403 g/mol. The number of aromatic nitrogens is 1. The number of nitrogens with zero attached hydrogens (tertiary/aromatic N) is 2. The van der Waals surface area contributed by atoms with Gasteiger partial charge in [-0.2, -0.15) is 4.31 Å². The molecule has 2 heterocycles. The lowest BCUT2D eigenvalue weighted by Crippen LogP contribution is -2.40. The normalized spacial score (nSPS) is 15.9. The standard InChI is InChI=1S/C15H18ClN3O4S2/c1-22-14-3-2-12(25(20,21)19-4-6-23-7-5-19)8-13(14)17-9-11-10-18-15(16)24-11/h2-3,8,10,17H,4-7,9H2,1H3. The topological polar surface area (TPSA) is 80.8 Å². The first-order chi connectivity index (χ1) is 12.0. The molecule has 0 bridgehead atoms. The third kappa shape index (κ3) is 4.24. The number of thiazole rings is 1. The third-order valence-corrected chi connectivity index (χ3v) is 6.77. The van der Waals surface area contributed by atoms with E-state index in [1.807, 2.05) is 0 Å². The molecule has 3 rings (SSSR count). The van der Waals surface area contributed by atoms with Crippen LogP contribution in [0.2, 0.25) is 4.47 Å². The van der Waals surface area contributed by atoms with Gasteiger partial charge in [-0.15, -0.1) is 11.3 Å². The van der Waals surface area contributed by atoms with Gasteiger partial charge in [-0.1, -0.05) is 11.6 Å². The lowest BCUT2D eigenvalue weighted by Gasteiger charge is -2.26. The van der Waals surface area contributed by atoms with Gasteiger partial charge < -0.3 is 14.8 Å². The zero-order valence-electron chi connectivity index (χ0n) is 13.6. The van der Waals surface area contributed by atoms with Crippen LogP contribution in [-0.4, -0.2) is 51.1 Å². The van der Waals surface area contributed by atoms with E-state index in [0.29, 0.717) is 48.8 Å². The van der Waals surface area contributed by atoms with Gasteiger partial charge in [0, 0.05) is 24.2 Å². The van der Waals surface area contributed by atoms with Gasteiger partial charge in [0.25, 0.3) is 0 Å². The number of ether oxygens (including phenoxy) is 2. The number of halogens is 1. The minimum atomic E-state index is -3.56. The maximum Gasteiger partial charge on any atom is 0.243 e. The molecule has 7 nitrogen and oxygen atoms in total. The second-order valence-corrected chi connectivity index (χ2v) is 8.95. The van der Waals surface area contributed by atoms with Crippen molar-refractivity contribution >= 4 is 38.6 Å². The van der Waals surface area contributed by atoms with Gasteiger partial charge in [0.2, 0.25) is 10.0 Å². The highest BCUT2D eigenvalue weighted by Crippen LogP contribution is 2.30. The number of sulfonamides is 1. The second-order valence-electron chi connectivity index (χ2n) is 5.31. The van der Waals surface area contributed by atoms with Crippen LogP contribution in [-0.2, 0) is 21.3 Å². The summed E-state index contributed by atoms with van der Waals surface area (Å²) in [5.41, 5.74) is 0.598. The summed E-state index contributed by atoms with van der Waals surface area (Å²) < 4.78 is 38.0. The second kappa shape index (κ2) is 7.88. The van der Waals surface area contributed by atoms with E-state index in [-0.39, 0.29) is 4.90 Å². The Hall–Kier alpha value is -1.39. The molecule has 136 valence electrons. The molecule has 1 N–H and O–H groups in total. The number of anilines is 1. The summed E-state index contributed by atoms with van der Waals surface area (Å²) in [5, 5.41) is 3.19. The molecule has 2 aromatic rings. The predicted molar refractivity (Wildman–Crippen MR) is 97.0 cm³/mol. The summed E-state index contributed by atoms with van der Waals surface area (Å²) in [4.78, 5) is 5.15. The van der Waals surface area contributed by atoms with Crippen molar-refractivity contribution in [3.05, 3.63) is 33.7 Å². The highest BCUT2D eigenvalue weighted by Gasteiger charge is 2.27. The summed E-state index contributed by atoms with van der Waals surface area (Å²) in [7, 11) is -2.02. The lowest BCUT2D eigenvalue weighted by atomic mass is 10.3. The molecule has 0 saturated carbocycles. The molecule has 0 radical (unpaired) electrons. The summed E-state index contributed by atoms with van der Waals surface area (Å²) in [6.45, 7) is 2.01. The smallest absolute Gasteiger partial charge is 0.243 e. The van der Waals surface area contributed by atoms with Gasteiger partial charge in [-0.25, -0.2) is 13.4 Å². The average molecular weight is 404 g/mol. The quantitative estimate of drug-likeness (QED) is 0.797. The molecule has 1 aromatic carbocycles. The molecule has 10 heteroatoms. The summed E-state index contributed by atoms with van der Waals surface area (Å²) in [6, 6.07) is 4.79. The van der Waals surface area contributed by atoms with Crippen LogP contribution in [0.15, 0.2) is 29.3 Å². The van der Waals surface area contributed by atoms with E-state index in [0.717, 1.165) is 4.88 Å². The minimum absolute atomic E-state index is 0.222. The van der Waals surface area contributed by atoms with Crippen LogP contribution in [0.3, 0.4) is 0 Å². The molecule has 0 unspecified atom stereocenters. The van der Waals surface area contributed by atoms with E-state index in [1.165, 1.54) is 15.6 Å². The minimum Gasteiger partial charge on any atom is -0.495 e. The summed E-state index contributed by atoms with van der Waals surface area (Å²) >= 11 is 7.20. The van der Waals surface area contributed by atoms with Crippen molar-refractivity contribution in [2.75, 3.05) is 38.7 Å². The zero-order valence-corrected chi connectivity index (χ0v) is 16.0. The van der Waals surface area contributed by atoms with E-state index >= 15 is 0 Å². The van der Waals surface area contributed by atoms with E-state index in [1.54, 1.807) is 31.5 Å². The van der Waals surface area contributed by atoms with Crippen LogP contribution in [0.4, 0.5) is 5.69 Å². The van der Waals surface area contributed by atoms with E-state index in [9.17, 15) is 8.42 Å². The number of methoxy groups -OCH3 is 1. The van der Waals surface area contributed by atoms with Gasteiger partial charge in [0.1, 0.15) is 5.75 Å². The molecule has 25 heavy (non-hydrogen) atoms. The fourth-order valence-corrected chi connectivity index (χ4v) is 4.82. The van der Waals surface area contributed by atoms with Crippen LogP contribution in [0.1, 0.15) is 4.88 Å². The Balaban J connectivity index is 1.83. The molecule has 1 aromatic heterocycles. The first-order valence-corrected chi connectivity index (χ1v) is 10.2. The van der Waals surface area contributed by atoms with Crippen molar-refractivity contribution in [2.24, 2.45) is 0 Å². The molecule has 0 aliphatic carbocycles. The first-order valence-electron chi connectivity index (χ1n) is 7.61. The van der Waals surface area contributed by atoms with Gasteiger partial charge in [0.15, 0.2) is 4.47 Å². The lowest BCUT2D eigenvalue weighted by molar-refractivity contribution is 0.0730. The maximum atomic E-state index is 12.8. The number of benzene rings is 1. The Kier molecular flexibility index (Phi) is 5.80. The molecular formula is C15H18ClN3O4S2. The Morgan fingerprint density at radius 2 is 2.16 bits per heavy atom. The van der Waals surface area contributed by atoms with Gasteiger partial charge in [-0.3, -0.25) is 0 Å². The Bertz CT molecular complexity index is 835. The molecule has 1 aliphatic heterocycles. The summed E-state index contributed by atoms with van der Waals surface area (Å²) in [6.07, 6.45) is 1.68. The van der Waals surface area contributed by atoms with Crippen molar-refractivity contribution in [3.8, 4) is 5.75 Å². The largest absolute Gasteiger partial charge is 0.495 e. The van der Waals surface area contributed by atoms with Gasteiger partial charge in [-0.05, 0) is 18.2 Å². The zero-order chi connectivity index (χ0) is 17.9. The molecule has 1 aliphatic rings. The average Bonchev–Trinajstić information content (AvgIpc) is 3.05. The number of rotatable bonds is 6. The molecule has 0 amide bonds. The maximum absolute atomic E-state index is 12.8. The number of hydrogen-bond donors (Lipinski definition) is 1. The number of hydrogen-bond acceptors (Lipinski definition) is 7. The molecule has 0 spiro atoms. The van der Waals surface area contributed by atoms with E-state index < -0.39 is 10.0 Å². The third-order valence-electron chi connectivity index (χ3n) is 3.76. The van der Waals surface area contributed by atoms with Gasteiger partial charge in [0.05, 0.1) is 37.5 Å². The van der Waals surface area contributed by atoms with Crippen molar-refractivity contribution in [2.45, 2.75) is 11.4 Å². The van der Waals surface area contributed by atoms with Crippen LogP contribution < -0.4 is 10.1 Å². The number of nitrogens with one attached hydrogen (secondary N) is 1. The van der Waals surface area contributed by atoms with Gasteiger partial charge >= 0.3 is 0 Å². The first kappa shape index (κ1) is 18.4. The van der Waals surface area contributed by atoms with Crippen molar-refractivity contribution in [1.82, 2.24) is 9.29 Å². The SMILES string of the molecule is COc1ccc(S(=O)(=O)N2CCOCC2)cc1NCc1cnc(Cl)s1. The fourth-order valence-electron chi connectivity index (χ4n) is 2.47. The Morgan fingerprint density at radius 3 is 2.80 bits per heavy atom. The highest BCUT2D eigenvalue weighted by molar-refractivity contribution is 7.89. The number of morpholine rings is 1. The van der Waals surface area contributed by atoms with Crippen molar-refractivity contribution in [1.29, 1.82) is 0 Å². The predicted octanol–water partition coefficient (Wildman–Crippen LogP) is 2.44. The van der Waals surface area contributed by atoms with Crippen molar-refractivity contribution < 1.29 is 17.9 Å². The Morgan fingerprint density at radius 1 is 1.40 bits per heavy atom. The van der Waals surface area contributed by atoms with E-state index in [4.69, 9.17) is 21.1 Å². The van der Waals surface area contributed by atoms with Crippen molar-refractivity contribution in [3.63, 3.8) is 0 Å². The molecule has 1 saturated heterocycles.